The molecule has 2 aromatic carbocycles. The van der Waals surface area contributed by atoms with Crippen LogP contribution in [0.1, 0.15) is 49.3 Å². The van der Waals surface area contributed by atoms with Crippen molar-refractivity contribution >= 4 is 40.8 Å². The van der Waals surface area contributed by atoms with Gasteiger partial charge in [-0.1, -0.05) is 29.8 Å². The molecule has 3 amide bonds. The van der Waals surface area contributed by atoms with Gasteiger partial charge in [0.15, 0.2) is 0 Å². The average molecular weight is 669 g/mol. The highest BCUT2D eigenvalue weighted by Gasteiger charge is 2.48. The Labute approximate surface area is 272 Å². The molecule has 2 heterocycles. The highest BCUT2D eigenvalue weighted by atomic mass is 35.5. The quantitative estimate of drug-likeness (QED) is 0.316. The first-order chi connectivity index (χ1) is 22.4. The van der Waals surface area contributed by atoms with Gasteiger partial charge in [-0.3, -0.25) is 29.1 Å². The molecular formula is C33H29ClF4N6O3. The molecule has 244 valence electrons. The summed E-state index contributed by atoms with van der Waals surface area (Å²) in [5.74, 6) is -6.90. The fourth-order valence-electron chi connectivity index (χ4n) is 6.23. The number of carbonyl (C=O) groups is 3. The Bertz CT molecular complexity index is 1740. The largest absolute Gasteiger partial charge is 0.351 e. The third-order valence-corrected chi connectivity index (χ3v) is 8.89. The molecule has 0 bridgehead atoms. The topological polar surface area (TPSA) is 110 Å². The second-order valence-corrected chi connectivity index (χ2v) is 12.5. The predicted octanol–water partition coefficient (Wildman–Crippen LogP) is 5.14. The van der Waals surface area contributed by atoms with Crippen LogP contribution in [0.2, 0.25) is 5.02 Å². The Hall–Kier alpha value is -4.54. The Morgan fingerprint density at radius 3 is 2.45 bits per heavy atom. The van der Waals surface area contributed by atoms with E-state index in [1.165, 1.54) is 35.4 Å². The van der Waals surface area contributed by atoms with Crippen molar-refractivity contribution < 1.29 is 31.9 Å². The molecule has 1 saturated heterocycles. The summed E-state index contributed by atoms with van der Waals surface area (Å²) in [4.78, 5) is 50.5. The number of anilines is 2. The summed E-state index contributed by atoms with van der Waals surface area (Å²) >= 11 is 6.51. The summed E-state index contributed by atoms with van der Waals surface area (Å²) in [5.41, 5.74) is 0.0191. The van der Waals surface area contributed by atoms with Gasteiger partial charge in [-0.05, 0) is 43.2 Å². The van der Waals surface area contributed by atoms with Crippen LogP contribution in [-0.4, -0.2) is 64.7 Å². The minimum atomic E-state index is -2.96. The lowest BCUT2D eigenvalue weighted by atomic mass is 9.87. The number of aromatic nitrogens is 1. The number of rotatable bonds is 9. The molecule has 3 aromatic rings. The van der Waals surface area contributed by atoms with E-state index in [2.05, 4.69) is 10.3 Å². The van der Waals surface area contributed by atoms with Crippen LogP contribution in [0.15, 0.2) is 60.8 Å². The van der Waals surface area contributed by atoms with Gasteiger partial charge >= 0.3 is 0 Å². The highest BCUT2D eigenvalue weighted by molar-refractivity contribution is 6.31. The number of piperazine rings is 1. The Kier molecular flexibility index (Phi) is 8.91. The van der Waals surface area contributed by atoms with E-state index in [0.29, 0.717) is 6.07 Å². The molecular weight excluding hydrogens is 640 g/mol. The van der Waals surface area contributed by atoms with E-state index >= 15 is 0 Å². The van der Waals surface area contributed by atoms with E-state index < -0.39 is 66.8 Å². The second kappa shape index (κ2) is 12.9. The van der Waals surface area contributed by atoms with E-state index in [-0.39, 0.29) is 52.7 Å². The molecule has 3 fully saturated rings. The SMILES string of the molecule is N#Cc1ccnc(N2C(=O)CN(C3CC3)C[C@@H]2CC(=O)N(c2cc(F)cc(F)c2)[C@H](C(=O)NC2CC(F)(F)C2)c2ccccc2Cl)c1. The number of benzene rings is 2. The van der Waals surface area contributed by atoms with Gasteiger partial charge in [0.1, 0.15) is 23.5 Å². The maximum atomic E-state index is 14.7. The predicted molar refractivity (Wildman–Crippen MR) is 164 cm³/mol. The molecule has 0 unspecified atom stereocenters. The molecule has 3 aliphatic rings. The van der Waals surface area contributed by atoms with Crippen LogP contribution < -0.4 is 15.1 Å². The first-order valence-corrected chi connectivity index (χ1v) is 15.4. The molecule has 0 radical (unpaired) electrons. The van der Waals surface area contributed by atoms with E-state index in [0.717, 1.165) is 29.9 Å². The van der Waals surface area contributed by atoms with Crippen molar-refractivity contribution in [1.82, 2.24) is 15.2 Å². The zero-order valence-electron chi connectivity index (χ0n) is 24.9. The van der Waals surface area contributed by atoms with Gasteiger partial charge < -0.3 is 5.32 Å². The zero-order valence-corrected chi connectivity index (χ0v) is 25.6. The van der Waals surface area contributed by atoms with Crippen molar-refractivity contribution in [2.24, 2.45) is 0 Å². The van der Waals surface area contributed by atoms with E-state index in [1.807, 2.05) is 11.0 Å². The van der Waals surface area contributed by atoms with Crippen molar-refractivity contribution in [2.75, 3.05) is 22.9 Å². The Morgan fingerprint density at radius 2 is 1.81 bits per heavy atom. The van der Waals surface area contributed by atoms with Gasteiger partial charge in [0.25, 0.3) is 5.92 Å². The molecule has 1 N–H and O–H groups in total. The number of pyridine rings is 1. The fraction of sp³-hybridized carbons (Fsp3) is 0.364. The van der Waals surface area contributed by atoms with Crippen molar-refractivity contribution in [3.8, 4) is 6.07 Å². The molecule has 6 rings (SSSR count). The van der Waals surface area contributed by atoms with Gasteiger partial charge in [0.05, 0.1) is 29.9 Å². The number of alkyl halides is 2. The number of hydrogen-bond acceptors (Lipinski definition) is 6. The number of carbonyl (C=O) groups excluding carboxylic acids is 3. The minimum Gasteiger partial charge on any atom is -0.351 e. The summed E-state index contributed by atoms with van der Waals surface area (Å²) in [6, 6.07) is 10.1. The third kappa shape index (κ3) is 7.08. The van der Waals surface area contributed by atoms with Crippen LogP contribution >= 0.6 is 11.6 Å². The normalized spacial score (nSPS) is 20.2. The standard InChI is InChI=1S/C33H29ClF4N6O3/c34-27-4-2-1-3-26(27)31(32(47)41-22-14-33(37,38)15-22)44(24-11-20(35)10-21(36)12-24)29(45)13-25-17-42(23-5-6-23)18-30(46)43(25)28-9-19(16-39)7-8-40-28/h1-4,7-12,22-23,25,31H,5-6,13-15,17-18H2,(H,41,47)/t25-,31-/m0/s1. The lowest BCUT2D eigenvalue weighted by molar-refractivity contribution is -0.133. The van der Waals surface area contributed by atoms with Crippen LogP contribution in [0.25, 0.3) is 0 Å². The molecule has 0 spiro atoms. The lowest BCUT2D eigenvalue weighted by Crippen LogP contribution is -2.59. The van der Waals surface area contributed by atoms with Gasteiger partial charge in [-0.15, -0.1) is 0 Å². The molecule has 47 heavy (non-hydrogen) atoms. The van der Waals surface area contributed by atoms with Crippen LogP contribution in [0.5, 0.6) is 0 Å². The number of halogens is 5. The lowest BCUT2D eigenvalue weighted by Gasteiger charge is -2.42. The number of nitrogens with zero attached hydrogens (tertiary/aromatic N) is 5. The monoisotopic (exact) mass is 668 g/mol. The molecule has 2 aliphatic carbocycles. The molecule has 2 saturated carbocycles. The smallest absolute Gasteiger partial charge is 0.252 e. The molecule has 14 heteroatoms. The number of nitriles is 1. The van der Waals surface area contributed by atoms with Crippen molar-refractivity contribution in [3.05, 3.63) is 88.6 Å². The van der Waals surface area contributed by atoms with E-state index in [1.54, 1.807) is 12.1 Å². The van der Waals surface area contributed by atoms with E-state index in [9.17, 15) is 37.2 Å². The highest BCUT2D eigenvalue weighted by Crippen LogP contribution is 2.40. The molecule has 9 nitrogen and oxygen atoms in total. The summed E-state index contributed by atoms with van der Waals surface area (Å²) in [7, 11) is 0. The van der Waals surface area contributed by atoms with Gasteiger partial charge in [0.2, 0.25) is 17.7 Å². The van der Waals surface area contributed by atoms with Crippen molar-refractivity contribution in [3.63, 3.8) is 0 Å². The van der Waals surface area contributed by atoms with Gasteiger partial charge in [0, 0.05) is 60.7 Å². The third-order valence-electron chi connectivity index (χ3n) is 8.55. The van der Waals surface area contributed by atoms with Crippen LogP contribution in [-0.2, 0) is 14.4 Å². The van der Waals surface area contributed by atoms with Crippen LogP contribution in [0.4, 0.5) is 29.1 Å². The second-order valence-electron chi connectivity index (χ2n) is 12.1. The number of hydrogen-bond donors (Lipinski definition) is 1. The Morgan fingerprint density at radius 1 is 1.11 bits per heavy atom. The average Bonchev–Trinajstić information content (AvgIpc) is 3.84. The summed E-state index contributed by atoms with van der Waals surface area (Å²) in [6.45, 7) is 0.301. The first-order valence-electron chi connectivity index (χ1n) is 15.1. The van der Waals surface area contributed by atoms with Gasteiger partial charge in [-0.2, -0.15) is 5.26 Å². The molecule has 2 atom stereocenters. The van der Waals surface area contributed by atoms with E-state index in [4.69, 9.17) is 11.6 Å². The Balaban J connectivity index is 1.41. The van der Waals surface area contributed by atoms with Gasteiger partial charge in [-0.25, -0.2) is 22.5 Å². The minimum absolute atomic E-state index is 0.0492. The number of amides is 3. The fourth-order valence-corrected chi connectivity index (χ4v) is 6.47. The first kappa shape index (κ1) is 32.4. The van der Waals surface area contributed by atoms with Crippen LogP contribution in [0, 0.1) is 23.0 Å². The summed E-state index contributed by atoms with van der Waals surface area (Å²) in [5, 5.41) is 12.1. The van der Waals surface area contributed by atoms with Crippen molar-refractivity contribution in [2.45, 2.75) is 62.2 Å². The number of nitrogens with one attached hydrogen (secondary N) is 1. The van der Waals surface area contributed by atoms with Crippen LogP contribution in [0.3, 0.4) is 0 Å². The summed E-state index contributed by atoms with van der Waals surface area (Å²) in [6.07, 6.45) is 1.47. The summed E-state index contributed by atoms with van der Waals surface area (Å²) < 4.78 is 56.8. The zero-order chi connectivity index (χ0) is 33.5. The molecule has 1 aliphatic heterocycles. The molecule has 1 aromatic heterocycles. The maximum Gasteiger partial charge on any atom is 0.252 e. The maximum absolute atomic E-state index is 14.7. The van der Waals surface area contributed by atoms with Crippen molar-refractivity contribution in [1.29, 1.82) is 5.26 Å².